The minimum absolute atomic E-state index is 0.547. The van der Waals surface area contributed by atoms with E-state index in [0.717, 1.165) is 19.8 Å². The molecule has 0 aliphatic carbocycles. The predicted octanol–water partition coefficient (Wildman–Crippen LogP) is 3.08. The van der Waals surface area contributed by atoms with E-state index in [1.165, 1.54) is 11.3 Å². The zero-order valence-electron chi connectivity index (χ0n) is 9.92. The van der Waals surface area contributed by atoms with Crippen LogP contribution in [0.15, 0.2) is 24.3 Å². The lowest BCUT2D eigenvalue weighted by atomic mass is 10.2. The fourth-order valence-electron chi connectivity index (χ4n) is 1.34. The second kappa shape index (κ2) is 6.46. The SMILES string of the molecule is CCOCC(C)CNc1ccc(C)cc1. The highest BCUT2D eigenvalue weighted by molar-refractivity contribution is 5.44. The molecule has 1 unspecified atom stereocenters. The van der Waals surface area contributed by atoms with E-state index < -0.39 is 0 Å². The van der Waals surface area contributed by atoms with Crippen LogP contribution in [0.5, 0.6) is 0 Å². The molecule has 84 valence electrons. The first kappa shape index (κ1) is 12.1. The second-order valence-corrected chi connectivity index (χ2v) is 4.01. The number of hydrogen-bond donors (Lipinski definition) is 1. The maximum Gasteiger partial charge on any atom is 0.0508 e. The summed E-state index contributed by atoms with van der Waals surface area (Å²) in [6.07, 6.45) is 0. The van der Waals surface area contributed by atoms with Crippen LogP contribution in [0.3, 0.4) is 0 Å². The third-order valence-corrected chi connectivity index (χ3v) is 2.31. The van der Waals surface area contributed by atoms with Crippen molar-refractivity contribution in [3.63, 3.8) is 0 Å². The number of hydrogen-bond acceptors (Lipinski definition) is 2. The maximum atomic E-state index is 5.36. The molecular formula is C13H21NO. The van der Waals surface area contributed by atoms with E-state index in [1.807, 2.05) is 6.92 Å². The lowest BCUT2D eigenvalue weighted by Crippen LogP contribution is -2.16. The molecule has 2 heteroatoms. The number of ether oxygens (including phenoxy) is 1. The molecule has 0 radical (unpaired) electrons. The fraction of sp³-hybridized carbons (Fsp3) is 0.538. The van der Waals surface area contributed by atoms with Gasteiger partial charge >= 0.3 is 0 Å². The molecule has 0 fully saturated rings. The molecule has 0 bridgehead atoms. The van der Waals surface area contributed by atoms with Gasteiger partial charge in [-0.25, -0.2) is 0 Å². The maximum absolute atomic E-state index is 5.36. The van der Waals surface area contributed by atoms with Crippen molar-refractivity contribution in [3.8, 4) is 0 Å². The van der Waals surface area contributed by atoms with E-state index in [0.29, 0.717) is 5.92 Å². The number of benzene rings is 1. The van der Waals surface area contributed by atoms with Crippen molar-refractivity contribution < 1.29 is 4.74 Å². The molecule has 0 saturated heterocycles. The molecule has 0 aromatic heterocycles. The molecule has 0 aliphatic heterocycles. The third-order valence-electron chi connectivity index (χ3n) is 2.31. The molecule has 0 amide bonds. The van der Waals surface area contributed by atoms with Crippen LogP contribution >= 0.6 is 0 Å². The summed E-state index contributed by atoms with van der Waals surface area (Å²) < 4.78 is 5.36. The third kappa shape index (κ3) is 4.84. The Bertz CT molecular complexity index is 268. The van der Waals surface area contributed by atoms with Gasteiger partial charge in [0.15, 0.2) is 0 Å². The van der Waals surface area contributed by atoms with Gasteiger partial charge in [0.05, 0.1) is 6.61 Å². The minimum Gasteiger partial charge on any atom is -0.385 e. The van der Waals surface area contributed by atoms with Crippen molar-refractivity contribution in [2.75, 3.05) is 25.1 Å². The highest BCUT2D eigenvalue weighted by atomic mass is 16.5. The van der Waals surface area contributed by atoms with Crippen molar-refractivity contribution in [1.82, 2.24) is 0 Å². The predicted molar refractivity (Wildman–Crippen MR) is 65.3 cm³/mol. The van der Waals surface area contributed by atoms with Gasteiger partial charge in [-0.15, -0.1) is 0 Å². The van der Waals surface area contributed by atoms with Crippen LogP contribution in [-0.4, -0.2) is 19.8 Å². The summed E-state index contributed by atoms with van der Waals surface area (Å²) in [6.45, 7) is 8.91. The first-order valence-corrected chi connectivity index (χ1v) is 5.60. The van der Waals surface area contributed by atoms with E-state index in [1.54, 1.807) is 0 Å². The van der Waals surface area contributed by atoms with Gasteiger partial charge in [0.1, 0.15) is 0 Å². The lowest BCUT2D eigenvalue weighted by Gasteiger charge is -2.13. The van der Waals surface area contributed by atoms with Gasteiger partial charge in [-0.2, -0.15) is 0 Å². The van der Waals surface area contributed by atoms with Gasteiger partial charge < -0.3 is 10.1 Å². The van der Waals surface area contributed by atoms with Crippen LogP contribution < -0.4 is 5.32 Å². The largest absolute Gasteiger partial charge is 0.385 e. The van der Waals surface area contributed by atoms with Crippen molar-refractivity contribution >= 4 is 5.69 Å². The Kier molecular flexibility index (Phi) is 5.19. The lowest BCUT2D eigenvalue weighted by molar-refractivity contribution is 0.120. The van der Waals surface area contributed by atoms with Gasteiger partial charge in [-0.3, -0.25) is 0 Å². The molecule has 0 aliphatic rings. The van der Waals surface area contributed by atoms with Gasteiger partial charge in [-0.1, -0.05) is 24.6 Å². The summed E-state index contributed by atoms with van der Waals surface area (Å²) in [5.41, 5.74) is 2.48. The summed E-state index contributed by atoms with van der Waals surface area (Å²) in [5, 5.41) is 3.40. The second-order valence-electron chi connectivity index (χ2n) is 4.01. The Hall–Kier alpha value is -1.02. The van der Waals surface area contributed by atoms with Crippen molar-refractivity contribution in [1.29, 1.82) is 0 Å². The number of aryl methyl sites for hydroxylation is 1. The molecule has 0 spiro atoms. The van der Waals surface area contributed by atoms with Crippen LogP contribution in [0.1, 0.15) is 19.4 Å². The van der Waals surface area contributed by atoms with Crippen LogP contribution in [0.4, 0.5) is 5.69 Å². The Morgan fingerprint density at radius 2 is 1.93 bits per heavy atom. The highest BCUT2D eigenvalue weighted by Crippen LogP contribution is 2.09. The van der Waals surface area contributed by atoms with Gasteiger partial charge in [-0.05, 0) is 31.9 Å². The van der Waals surface area contributed by atoms with Crippen LogP contribution in [-0.2, 0) is 4.74 Å². The van der Waals surface area contributed by atoms with Gasteiger partial charge in [0, 0.05) is 18.8 Å². The summed E-state index contributed by atoms with van der Waals surface area (Å²) in [6, 6.07) is 8.47. The number of anilines is 1. The summed E-state index contributed by atoms with van der Waals surface area (Å²) >= 11 is 0. The van der Waals surface area contributed by atoms with Crippen molar-refractivity contribution in [3.05, 3.63) is 29.8 Å². The Labute approximate surface area is 92.6 Å². The number of nitrogens with one attached hydrogen (secondary N) is 1. The smallest absolute Gasteiger partial charge is 0.0508 e. The molecule has 1 rings (SSSR count). The monoisotopic (exact) mass is 207 g/mol. The molecule has 2 nitrogen and oxygen atoms in total. The number of rotatable bonds is 6. The van der Waals surface area contributed by atoms with Crippen LogP contribution in [0.2, 0.25) is 0 Å². The summed E-state index contributed by atoms with van der Waals surface area (Å²) in [5.74, 6) is 0.547. The average Bonchev–Trinajstić information content (AvgIpc) is 2.25. The van der Waals surface area contributed by atoms with E-state index in [4.69, 9.17) is 4.74 Å². The van der Waals surface area contributed by atoms with E-state index >= 15 is 0 Å². The van der Waals surface area contributed by atoms with Crippen molar-refractivity contribution in [2.45, 2.75) is 20.8 Å². The average molecular weight is 207 g/mol. The zero-order chi connectivity index (χ0) is 11.1. The van der Waals surface area contributed by atoms with E-state index in [9.17, 15) is 0 Å². The first-order chi connectivity index (χ1) is 7.22. The molecule has 0 saturated carbocycles. The van der Waals surface area contributed by atoms with Gasteiger partial charge in [0.2, 0.25) is 0 Å². The summed E-state index contributed by atoms with van der Waals surface area (Å²) in [4.78, 5) is 0. The Morgan fingerprint density at radius 1 is 1.27 bits per heavy atom. The topological polar surface area (TPSA) is 21.3 Å². The molecule has 1 aromatic rings. The highest BCUT2D eigenvalue weighted by Gasteiger charge is 2.01. The quantitative estimate of drug-likeness (QED) is 0.774. The fourth-order valence-corrected chi connectivity index (χ4v) is 1.34. The standard InChI is InChI=1S/C13H21NO/c1-4-15-10-12(3)9-14-13-7-5-11(2)6-8-13/h5-8,12,14H,4,9-10H2,1-3H3. The van der Waals surface area contributed by atoms with E-state index in [-0.39, 0.29) is 0 Å². The van der Waals surface area contributed by atoms with Crippen LogP contribution in [0.25, 0.3) is 0 Å². The van der Waals surface area contributed by atoms with Crippen molar-refractivity contribution in [2.24, 2.45) is 5.92 Å². The Balaban J connectivity index is 2.27. The normalized spacial score (nSPS) is 12.5. The molecule has 1 aromatic carbocycles. The Morgan fingerprint density at radius 3 is 2.53 bits per heavy atom. The zero-order valence-corrected chi connectivity index (χ0v) is 9.92. The molecule has 0 heterocycles. The van der Waals surface area contributed by atoms with Gasteiger partial charge in [0.25, 0.3) is 0 Å². The first-order valence-electron chi connectivity index (χ1n) is 5.60. The van der Waals surface area contributed by atoms with Crippen LogP contribution in [0, 0.1) is 12.8 Å². The molecule has 15 heavy (non-hydrogen) atoms. The molecular weight excluding hydrogens is 186 g/mol. The molecule has 1 atom stereocenters. The minimum atomic E-state index is 0.547. The summed E-state index contributed by atoms with van der Waals surface area (Å²) in [7, 11) is 0. The molecule has 1 N–H and O–H groups in total. The van der Waals surface area contributed by atoms with E-state index in [2.05, 4.69) is 43.4 Å².